The predicted octanol–water partition coefficient (Wildman–Crippen LogP) is 3.01. The van der Waals surface area contributed by atoms with Gasteiger partial charge in [0.2, 0.25) is 0 Å². The van der Waals surface area contributed by atoms with Crippen LogP contribution in [-0.4, -0.2) is 65.7 Å². The van der Waals surface area contributed by atoms with Crippen molar-refractivity contribution in [3.8, 4) is 0 Å². The van der Waals surface area contributed by atoms with Crippen LogP contribution in [0.2, 0.25) is 0 Å². The third-order valence-corrected chi connectivity index (χ3v) is 5.21. The molecule has 0 fully saturated rings. The first-order valence-corrected chi connectivity index (χ1v) is 10.5. The number of carbonyl (C=O) groups is 2. The minimum atomic E-state index is -4.96. The van der Waals surface area contributed by atoms with Gasteiger partial charge >= 0.3 is 18.0 Å². The maximum atomic E-state index is 13.5. The molecule has 0 aliphatic carbocycles. The lowest BCUT2D eigenvalue weighted by molar-refractivity contribution is -0.140. The fourth-order valence-electron chi connectivity index (χ4n) is 3.36. The van der Waals surface area contributed by atoms with Crippen LogP contribution < -0.4 is 15.5 Å². The number of amides is 2. The zero-order chi connectivity index (χ0) is 26.1. The topological polar surface area (TPSA) is 95.4 Å². The van der Waals surface area contributed by atoms with E-state index in [1.54, 1.807) is 36.7 Å². The molecule has 0 atom stereocenters. The molecule has 0 radical (unpaired) electrons. The summed E-state index contributed by atoms with van der Waals surface area (Å²) >= 11 is 0. The van der Waals surface area contributed by atoms with Gasteiger partial charge in [-0.05, 0) is 45.3 Å². The number of hydrogen-bond donors (Lipinski definition) is 2. The Hall–Kier alpha value is -3.74. The Morgan fingerprint density at radius 2 is 1.71 bits per heavy atom. The summed E-state index contributed by atoms with van der Waals surface area (Å²) in [7, 11) is 7.31. The molecule has 2 heterocycles. The molecule has 188 valence electrons. The molecule has 0 unspecified atom stereocenters. The number of aromatic nitrogens is 3. The van der Waals surface area contributed by atoms with E-state index in [0.29, 0.717) is 47.8 Å². The third-order valence-electron chi connectivity index (χ3n) is 5.21. The number of benzene rings is 1. The fourth-order valence-corrected chi connectivity index (χ4v) is 3.36. The molecule has 35 heavy (non-hydrogen) atoms. The quantitative estimate of drug-likeness (QED) is 0.403. The van der Waals surface area contributed by atoms with Crippen LogP contribution in [0.25, 0.3) is 11.0 Å². The normalized spacial score (nSPS) is 11.7. The van der Waals surface area contributed by atoms with E-state index in [0.717, 1.165) is 6.07 Å². The number of fused-ring (bicyclic) bond motifs is 1. The lowest BCUT2D eigenvalue weighted by Crippen LogP contribution is -2.32. The molecule has 2 N–H and O–H groups in total. The van der Waals surface area contributed by atoms with Gasteiger partial charge in [-0.25, -0.2) is 9.37 Å². The highest BCUT2D eigenvalue weighted by atomic mass is 19.4. The highest BCUT2D eigenvalue weighted by Gasteiger charge is 2.34. The monoisotopic (exact) mass is 495 g/mol. The standard InChI is InChI=1S/C22H25F4N7O2/c1-12-14-11-17(19(29-18(14)33(5)30-12)32(4)9-8-31(2)3)28-21(35)20(34)27-13-6-7-16(23)15(10-13)22(24,25)26/h6-7,10-11H,8-9H2,1-5H3,(H,27,34)(H,28,35). The minimum absolute atomic E-state index is 0.227. The number of nitrogens with one attached hydrogen (secondary N) is 2. The Balaban J connectivity index is 1.88. The van der Waals surface area contributed by atoms with Crippen molar-refractivity contribution in [2.45, 2.75) is 13.1 Å². The molecule has 2 aromatic heterocycles. The van der Waals surface area contributed by atoms with Gasteiger partial charge in [-0.1, -0.05) is 0 Å². The van der Waals surface area contributed by atoms with E-state index in [1.807, 2.05) is 19.0 Å². The van der Waals surface area contributed by atoms with E-state index < -0.39 is 29.4 Å². The lowest BCUT2D eigenvalue weighted by Gasteiger charge is -2.23. The smallest absolute Gasteiger partial charge is 0.357 e. The van der Waals surface area contributed by atoms with Crippen LogP contribution in [0.3, 0.4) is 0 Å². The van der Waals surface area contributed by atoms with Gasteiger partial charge in [-0.15, -0.1) is 0 Å². The molecule has 1 aromatic carbocycles. The number of hydrogen-bond acceptors (Lipinski definition) is 6. The number of alkyl halides is 3. The second kappa shape index (κ2) is 9.86. The van der Waals surface area contributed by atoms with E-state index in [1.165, 1.54) is 0 Å². The largest absolute Gasteiger partial charge is 0.419 e. The van der Waals surface area contributed by atoms with Crippen LogP contribution >= 0.6 is 0 Å². The third kappa shape index (κ3) is 5.85. The molecule has 0 spiro atoms. The van der Waals surface area contributed by atoms with Crippen molar-refractivity contribution < 1.29 is 27.2 Å². The lowest BCUT2D eigenvalue weighted by atomic mass is 10.2. The van der Waals surface area contributed by atoms with Gasteiger partial charge in [0.15, 0.2) is 11.5 Å². The van der Waals surface area contributed by atoms with Gasteiger partial charge in [-0.3, -0.25) is 14.3 Å². The summed E-state index contributed by atoms with van der Waals surface area (Å²) in [6, 6.07) is 3.56. The minimum Gasteiger partial charge on any atom is -0.357 e. The molecule has 0 aliphatic rings. The Kier molecular flexibility index (Phi) is 7.29. The van der Waals surface area contributed by atoms with Crippen LogP contribution in [0.1, 0.15) is 11.3 Å². The molecular weight excluding hydrogens is 470 g/mol. The van der Waals surface area contributed by atoms with Gasteiger partial charge in [-0.2, -0.15) is 18.3 Å². The number of nitrogens with zero attached hydrogens (tertiary/aromatic N) is 5. The molecule has 9 nitrogen and oxygen atoms in total. The van der Waals surface area contributed by atoms with Crippen LogP contribution in [0.5, 0.6) is 0 Å². The zero-order valence-electron chi connectivity index (χ0n) is 19.8. The van der Waals surface area contributed by atoms with Crippen molar-refractivity contribution in [2.75, 3.05) is 49.8 Å². The van der Waals surface area contributed by atoms with Crippen LogP contribution in [0.4, 0.5) is 34.8 Å². The van der Waals surface area contributed by atoms with Crippen LogP contribution in [0.15, 0.2) is 24.3 Å². The van der Waals surface area contributed by atoms with Gasteiger partial charge in [0.25, 0.3) is 0 Å². The Bertz CT molecular complexity index is 1270. The summed E-state index contributed by atoms with van der Waals surface area (Å²) in [6.45, 7) is 3.00. The van der Waals surface area contributed by atoms with Crippen LogP contribution in [0, 0.1) is 12.7 Å². The summed E-state index contributed by atoms with van der Waals surface area (Å²) in [5, 5.41) is 9.53. The van der Waals surface area contributed by atoms with Crippen molar-refractivity contribution in [2.24, 2.45) is 7.05 Å². The van der Waals surface area contributed by atoms with Crippen LogP contribution in [-0.2, 0) is 22.8 Å². The first-order valence-electron chi connectivity index (χ1n) is 10.5. The highest BCUT2D eigenvalue weighted by molar-refractivity contribution is 6.44. The maximum absolute atomic E-state index is 13.5. The number of carbonyl (C=O) groups excluding carboxylic acids is 2. The van der Waals surface area contributed by atoms with Gasteiger partial charge in [0, 0.05) is 38.3 Å². The second-order valence-corrected chi connectivity index (χ2v) is 8.27. The second-order valence-electron chi connectivity index (χ2n) is 8.27. The van der Waals surface area contributed by atoms with Gasteiger partial charge in [0.1, 0.15) is 5.82 Å². The fraction of sp³-hybridized carbons (Fsp3) is 0.364. The van der Waals surface area contributed by atoms with Crippen molar-refractivity contribution in [3.63, 3.8) is 0 Å². The Morgan fingerprint density at radius 3 is 2.34 bits per heavy atom. The average molecular weight is 495 g/mol. The molecule has 3 rings (SSSR count). The van der Waals surface area contributed by atoms with Crippen molar-refractivity contribution >= 4 is 40.0 Å². The molecule has 3 aromatic rings. The number of anilines is 3. The van der Waals surface area contributed by atoms with Crippen molar-refractivity contribution in [1.29, 1.82) is 0 Å². The number of pyridine rings is 1. The van der Waals surface area contributed by atoms with Crippen molar-refractivity contribution in [3.05, 3.63) is 41.3 Å². The van der Waals surface area contributed by atoms with Crippen molar-refractivity contribution in [1.82, 2.24) is 19.7 Å². The number of halogens is 4. The van der Waals surface area contributed by atoms with E-state index in [2.05, 4.69) is 20.7 Å². The number of likely N-dealkylation sites (N-methyl/N-ethyl adjacent to an activating group) is 2. The van der Waals surface area contributed by atoms with E-state index in [-0.39, 0.29) is 11.4 Å². The number of rotatable bonds is 6. The Morgan fingerprint density at radius 1 is 1.06 bits per heavy atom. The first-order chi connectivity index (χ1) is 16.3. The SMILES string of the molecule is Cc1nn(C)c2nc(N(C)CCN(C)C)c(NC(=O)C(=O)Nc3ccc(F)c(C(F)(F)F)c3)cc12. The summed E-state index contributed by atoms with van der Waals surface area (Å²) in [6.07, 6.45) is -4.96. The Labute approximate surface area is 198 Å². The molecule has 2 amide bonds. The zero-order valence-corrected chi connectivity index (χ0v) is 19.8. The highest BCUT2D eigenvalue weighted by Crippen LogP contribution is 2.33. The summed E-state index contributed by atoms with van der Waals surface area (Å²) in [5.74, 6) is -3.47. The molecule has 0 saturated heterocycles. The van der Waals surface area contributed by atoms with Gasteiger partial charge < -0.3 is 20.4 Å². The summed E-state index contributed by atoms with van der Waals surface area (Å²) in [4.78, 5) is 33.5. The van der Waals surface area contributed by atoms with Gasteiger partial charge in [0.05, 0.1) is 16.9 Å². The summed E-state index contributed by atoms with van der Waals surface area (Å²) < 4.78 is 54.0. The predicted molar refractivity (Wildman–Crippen MR) is 124 cm³/mol. The molecule has 13 heteroatoms. The molecular formula is C22H25F4N7O2. The number of aryl methyl sites for hydroxylation is 2. The molecule has 0 saturated carbocycles. The molecule has 0 bridgehead atoms. The first kappa shape index (κ1) is 25.9. The van der Waals surface area contributed by atoms with E-state index in [4.69, 9.17) is 0 Å². The maximum Gasteiger partial charge on any atom is 0.419 e. The summed E-state index contributed by atoms with van der Waals surface area (Å²) in [5.41, 5.74) is -0.475. The van der Waals surface area contributed by atoms with E-state index in [9.17, 15) is 27.2 Å². The van der Waals surface area contributed by atoms with E-state index >= 15 is 0 Å². The average Bonchev–Trinajstić information content (AvgIpc) is 3.04. The molecule has 0 aliphatic heterocycles.